The smallest absolute Gasteiger partial charge is 0.328 e. The number of carbonyl (C=O) groups excluding carboxylic acids is 2. The molecule has 1 atom stereocenters. The molecule has 2 N–H and O–H groups in total. The van der Waals surface area contributed by atoms with E-state index < -0.39 is 17.9 Å². The van der Waals surface area contributed by atoms with Crippen LogP contribution in [0, 0.1) is 0 Å². The van der Waals surface area contributed by atoms with Crippen LogP contribution in [-0.4, -0.2) is 42.6 Å². The van der Waals surface area contributed by atoms with Crippen molar-refractivity contribution in [1.82, 2.24) is 5.32 Å². The predicted molar refractivity (Wildman–Crippen MR) is 140 cm³/mol. The highest BCUT2D eigenvalue weighted by atomic mass is 35.5. The molecular weight excluding hydrogens is 503 g/mol. The summed E-state index contributed by atoms with van der Waals surface area (Å²) >= 11 is 12.3. The minimum absolute atomic E-state index is 0.0746. The largest absolute Gasteiger partial charge is 0.496 e. The van der Waals surface area contributed by atoms with E-state index >= 15 is 0 Å². The van der Waals surface area contributed by atoms with Gasteiger partial charge in [-0.05, 0) is 49.2 Å². The maximum Gasteiger partial charge on any atom is 0.328 e. The number of ether oxygens (including phenoxy) is 2. The second-order valence-corrected chi connectivity index (χ2v) is 8.66. The van der Waals surface area contributed by atoms with Gasteiger partial charge >= 0.3 is 5.97 Å². The van der Waals surface area contributed by atoms with E-state index in [1.807, 2.05) is 36.4 Å². The molecule has 3 aromatic carbocycles. The Kier molecular flexibility index (Phi) is 9.33. The maximum atomic E-state index is 13.0. The Labute approximate surface area is 219 Å². The molecule has 36 heavy (non-hydrogen) atoms. The predicted octanol–water partition coefficient (Wildman–Crippen LogP) is 5.77. The van der Waals surface area contributed by atoms with Crippen molar-refractivity contribution in [3.63, 3.8) is 0 Å². The lowest BCUT2D eigenvalue weighted by atomic mass is 9.92. The quantitative estimate of drug-likeness (QED) is 0.159. The van der Waals surface area contributed by atoms with Gasteiger partial charge in [0.1, 0.15) is 11.8 Å². The minimum Gasteiger partial charge on any atom is -0.496 e. The van der Waals surface area contributed by atoms with Gasteiger partial charge in [-0.1, -0.05) is 64.8 Å². The van der Waals surface area contributed by atoms with Crippen molar-refractivity contribution < 1.29 is 24.3 Å². The van der Waals surface area contributed by atoms with Crippen LogP contribution in [0.25, 0.3) is 11.1 Å². The van der Waals surface area contributed by atoms with Crippen molar-refractivity contribution in [1.29, 1.82) is 0 Å². The fraction of sp³-hybridized carbons (Fsp3) is 0.222. The van der Waals surface area contributed by atoms with Gasteiger partial charge in [-0.3, -0.25) is 4.79 Å². The van der Waals surface area contributed by atoms with Crippen molar-refractivity contribution in [3.05, 3.63) is 87.4 Å². The van der Waals surface area contributed by atoms with Gasteiger partial charge in [-0.25, -0.2) is 4.79 Å². The first-order chi connectivity index (χ1) is 17.3. The molecule has 0 fully saturated rings. The third kappa shape index (κ3) is 6.17. The molecule has 1 amide bonds. The molecule has 0 spiro atoms. The normalized spacial score (nSPS) is 12.1. The number of carbonyl (C=O) groups is 2. The first-order valence-corrected chi connectivity index (χ1v) is 11.9. The molecule has 0 aromatic heterocycles. The Morgan fingerprint density at radius 2 is 1.72 bits per heavy atom. The third-order valence-electron chi connectivity index (χ3n) is 5.53. The van der Waals surface area contributed by atoms with E-state index in [4.69, 9.17) is 32.7 Å². The minimum atomic E-state index is -1.01. The van der Waals surface area contributed by atoms with Crippen LogP contribution < -0.4 is 10.1 Å². The van der Waals surface area contributed by atoms with Gasteiger partial charge in [-0.2, -0.15) is 0 Å². The van der Waals surface area contributed by atoms with Gasteiger partial charge in [0.2, 0.25) is 0 Å². The zero-order chi connectivity index (χ0) is 26.2. The number of halogens is 2. The molecule has 7 nitrogen and oxygen atoms in total. The van der Waals surface area contributed by atoms with Crippen molar-refractivity contribution >= 4 is 40.8 Å². The van der Waals surface area contributed by atoms with Crippen molar-refractivity contribution in [3.8, 4) is 16.9 Å². The van der Waals surface area contributed by atoms with Crippen LogP contribution in [0.3, 0.4) is 0 Å². The lowest BCUT2D eigenvalue weighted by Gasteiger charge is -2.20. The molecule has 0 radical (unpaired) electrons. The molecule has 0 bridgehead atoms. The van der Waals surface area contributed by atoms with Crippen molar-refractivity contribution in [2.75, 3.05) is 13.7 Å². The maximum absolute atomic E-state index is 13.0. The number of methoxy groups -OCH3 is 1. The van der Waals surface area contributed by atoms with Crippen LogP contribution in [-0.2, 0) is 16.0 Å². The summed E-state index contributed by atoms with van der Waals surface area (Å²) in [6.45, 7) is 3.50. The van der Waals surface area contributed by atoms with E-state index in [2.05, 4.69) is 10.5 Å². The van der Waals surface area contributed by atoms with E-state index in [1.165, 1.54) is 0 Å². The summed E-state index contributed by atoms with van der Waals surface area (Å²) in [6.07, 6.45) is 0.116. The molecule has 0 aliphatic rings. The zero-order valence-corrected chi connectivity index (χ0v) is 21.6. The number of hydrogen-bond donors (Lipinski definition) is 2. The lowest BCUT2D eigenvalue weighted by molar-refractivity contribution is -0.145. The summed E-state index contributed by atoms with van der Waals surface area (Å²) in [5.41, 5.74) is 3.39. The van der Waals surface area contributed by atoms with E-state index in [0.29, 0.717) is 22.6 Å². The van der Waals surface area contributed by atoms with Crippen LogP contribution in [0.2, 0.25) is 10.0 Å². The number of para-hydroxylation sites is 1. The molecule has 3 rings (SSSR count). The van der Waals surface area contributed by atoms with Crippen molar-refractivity contribution in [2.24, 2.45) is 5.16 Å². The van der Waals surface area contributed by atoms with Gasteiger partial charge in [-0.15, -0.1) is 0 Å². The Bertz CT molecular complexity index is 1270. The Hall–Kier alpha value is -3.55. The number of nitrogens with one attached hydrogen (secondary N) is 1. The fourth-order valence-electron chi connectivity index (χ4n) is 3.79. The Morgan fingerprint density at radius 1 is 1.03 bits per heavy atom. The van der Waals surface area contributed by atoms with Crippen LogP contribution >= 0.6 is 23.2 Å². The summed E-state index contributed by atoms with van der Waals surface area (Å²) in [4.78, 5) is 25.7. The summed E-state index contributed by atoms with van der Waals surface area (Å²) in [5, 5.41) is 15.9. The van der Waals surface area contributed by atoms with E-state index in [0.717, 1.165) is 11.1 Å². The number of esters is 1. The standard InChI is InChI=1S/C27H26Cl2N2O5/c1-4-36-27(33)23(30-26(32)25-21(28)9-7-10-22(25)29)15-17-12-13-18(20(14-17)16(2)31-34)19-8-5-6-11-24(19)35-3/h5-14,23,34H,4,15H2,1-3H3,(H,30,32)/b31-16+/t23-/m0/s1. The second kappa shape index (κ2) is 12.4. The summed E-state index contributed by atoms with van der Waals surface area (Å²) in [7, 11) is 1.58. The average Bonchev–Trinajstić information content (AvgIpc) is 2.87. The molecule has 188 valence electrons. The van der Waals surface area contributed by atoms with Crippen molar-refractivity contribution in [2.45, 2.75) is 26.3 Å². The van der Waals surface area contributed by atoms with Crippen LogP contribution in [0.5, 0.6) is 5.75 Å². The molecule has 9 heteroatoms. The lowest BCUT2D eigenvalue weighted by Crippen LogP contribution is -2.43. The molecule has 0 aliphatic carbocycles. The fourth-order valence-corrected chi connectivity index (χ4v) is 4.36. The van der Waals surface area contributed by atoms with Gasteiger partial charge in [0, 0.05) is 17.5 Å². The van der Waals surface area contributed by atoms with Gasteiger partial charge in [0.05, 0.1) is 35.0 Å². The highest BCUT2D eigenvalue weighted by Crippen LogP contribution is 2.33. The SMILES string of the molecule is CCOC(=O)[C@H](Cc1ccc(-c2ccccc2OC)c(/C(C)=N/O)c1)NC(=O)c1c(Cl)cccc1Cl. The number of rotatable bonds is 9. The Morgan fingerprint density at radius 3 is 2.36 bits per heavy atom. The third-order valence-corrected chi connectivity index (χ3v) is 6.16. The number of hydrogen-bond acceptors (Lipinski definition) is 6. The van der Waals surface area contributed by atoms with Gasteiger partial charge < -0.3 is 20.0 Å². The highest BCUT2D eigenvalue weighted by molar-refractivity contribution is 6.39. The number of benzene rings is 3. The average molecular weight is 529 g/mol. The van der Waals surface area contributed by atoms with Crippen LogP contribution in [0.15, 0.2) is 65.8 Å². The second-order valence-electron chi connectivity index (χ2n) is 7.84. The zero-order valence-electron chi connectivity index (χ0n) is 20.0. The summed E-state index contributed by atoms with van der Waals surface area (Å²) in [6, 6.07) is 16.7. The van der Waals surface area contributed by atoms with Gasteiger partial charge in [0.15, 0.2) is 0 Å². The van der Waals surface area contributed by atoms with Crippen LogP contribution in [0.1, 0.15) is 35.3 Å². The number of nitrogens with zero attached hydrogens (tertiary/aromatic N) is 1. The highest BCUT2D eigenvalue weighted by Gasteiger charge is 2.26. The number of oxime groups is 1. The molecule has 0 aliphatic heterocycles. The summed E-state index contributed by atoms with van der Waals surface area (Å²) < 4.78 is 10.7. The molecule has 0 saturated carbocycles. The molecule has 0 heterocycles. The first kappa shape index (κ1) is 27.0. The monoisotopic (exact) mass is 528 g/mol. The van der Waals surface area contributed by atoms with Crippen LogP contribution in [0.4, 0.5) is 0 Å². The molecule has 0 unspecified atom stereocenters. The molecule has 0 saturated heterocycles. The van der Waals surface area contributed by atoms with E-state index in [1.54, 1.807) is 45.2 Å². The first-order valence-electron chi connectivity index (χ1n) is 11.2. The van der Waals surface area contributed by atoms with Gasteiger partial charge in [0.25, 0.3) is 5.91 Å². The molecular formula is C27H26Cl2N2O5. The topological polar surface area (TPSA) is 97.2 Å². The van der Waals surface area contributed by atoms with E-state index in [9.17, 15) is 14.8 Å². The number of amides is 1. The Balaban J connectivity index is 1.99. The van der Waals surface area contributed by atoms with E-state index in [-0.39, 0.29) is 28.6 Å². The molecule has 3 aromatic rings. The summed E-state index contributed by atoms with van der Waals surface area (Å²) in [5.74, 6) is -0.537.